The molecular weight excluding hydrogens is 306 g/mol. The summed E-state index contributed by atoms with van der Waals surface area (Å²) in [6.45, 7) is 1.79. The predicted octanol–water partition coefficient (Wildman–Crippen LogP) is 3.18. The highest BCUT2D eigenvalue weighted by Crippen LogP contribution is 2.34. The van der Waals surface area contributed by atoms with Crippen molar-refractivity contribution < 1.29 is 4.92 Å². The zero-order valence-electron chi connectivity index (χ0n) is 13.1. The Morgan fingerprint density at radius 2 is 2.00 bits per heavy atom. The fourth-order valence-electron chi connectivity index (χ4n) is 3.45. The smallest absolute Gasteiger partial charge is 0.278 e. The fraction of sp³-hybridized carbons (Fsp3) is 0.294. The molecule has 2 aromatic heterocycles. The molecule has 7 nitrogen and oxygen atoms in total. The standard InChI is InChI=1S/C17H17N5O2/c23-22(24)15-3-4-16(17-14(15)2-1-7-19-17)20-9-5-13(6-10-20)21-11-8-18-12-21/h1-4,7-8,11-13H,5-6,9-10H2. The lowest BCUT2D eigenvalue weighted by molar-refractivity contribution is -0.383. The first-order valence-electron chi connectivity index (χ1n) is 7.98. The quantitative estimate of drug-likeness (QED) is 0.546. The average molecular weight is 323 g/mol. The number of nitro benzene ring substituents is 1. The van der Waals surface area contributed by atoms with Gasteiger partial charge in [0.2, 0.25) is 0 Å². The lowest BCUT2D eigenvalue weighted by Crippen LogP contribution is -2.34. The molecule has 0 unspecified atom stereocenters. The van der Waals surface area contributed by atoms with Crippen LogP contribution in [-0.2, 0) is 0 Å². The largest absolute Gasteiger partial charge is 0.370 e. The van der Waals surface area contributed by atoms with Gasteiger partial charge >= 0.3 is 0 Å². The summed E-state index contributed by atoms with van der Waals surface area (Å²) in [5.41, 5.74) is 1.78. The lowest BCUT2D eigenvalue weighted by Gasteiger charge is -2.34. The molecule has 3 heterocycles. The summed E-state index contributed by atoms with van der Waals surface area (Å²) in [6.07, 6.45) is 9.39. The molecule has 0 amide bonds. The topological polar surface area (TPSA) is 77.1 Å². The number of imidazole rings is 1. The van der Waals surface area contributed by atoms with Crippen molar-refractivity contribution in [2.24, 2.45) is 0 Å². The number of aromatic nitrogens is 3. The van der Waals surface area contributed by atoms with E-state index in [-0.39, 0.29) is 10.6 Å². The summed E-state index contributed by atoms with van der Waals surface area (Å²) in [6, 6.07) is 7.37. The Kier molecular flexibility index (Phi) is 3.60. The zero-order chi connectivity index (χ0) is 16.5. The predicted molar refractivity (Wildman–Crippen MR) is 91.1 cm³/mol. The molecule has 1 aliphatic heterocycles. The summed E-state index contributed by atoms with van der Waals surface area (Å²) in [5, 5.41) is 11.8. The van der Waals surface area contributed by atoms with Crippen molar-refractivity contribution in [3.63, 3.8) is 0 Å². The van der Waals surface area contributed by atoms with Crippen molar-refractivity contribution in [1.82, 2.24) is 14.5 Å². The lowest BCUT2D eigenvalue weighted by atomic mass is 10.0. The molecule has 0 N–H and O–H groups in total. The first-order valence-corrected chi connectivity index (χ1v) is 7.98. The number of nitrogens with zero attached hydrogens (tertiary/aromatic N) is 5. The van der Waals surface area contributed by atoms with Gasteiger partial charge in [-0.2, -0.15) is 0 Å². The zero-order valence-corrected chi connectivity index (χ0v) is 13.1. The van der Waals surface area contributed by atoms with E-state index in [9.17, 15) is 10.1 Å². The van der Waals surface area contributed by atoms with Gasteiger partial charge in [0.15, 0.2) is 0 Å². The number of hydrogen-bond donors (Lipinski definition) is 0. The van der Waals surface area contributed by atoms with E-state index >= 15 is 0 Å². The van der Waals surface area contributed by atoms with Crippen LogP contribution in [0.1, 0.15) is 18.9 Å². The number of piperidine rings is 1. The van der Waals surface area contributed by atoms with Crippen molar-refractivity contribution in [3.05, 3.63) is 59.3 Å². The van der Waals surface area contributed by atoms with Crippen molar-refractivity contribution in [2.75, 3.05) is 18.0 Å². The van der Waals surface area contributed by atoms with Crippen molar-refractivity contribution >= 4 is 22.3 Å². The van der Waals surface area contributed by atoms with Crippen LogP contribution < -0.4 is 4.90 Å². The van der Waals surface area contributed by atoms with Gasteiger partial charge in [0.1, 0.15) is 5.52 Å². The molecule has 0 spiro atoms. The van der Waals surface area contributed by atoms with Gasteiger partial charge in [-0.05, 0) is 31.0 Å². The van der Waals surface area contributed by atoms with Gasteiger partial charge in [-0.25, -0.2) is 4.98 Å². The Labute approximate surface area is 138 Å². The van der Waals surface area contributed by atoms with Gasteiger partial charge in [0.25, 0.3) is 5.69 Å². The van der Waals surface area contributed by atoms with Crippen LogP contribution in [0.25, 0.3) is 10.9 Å². The third kappa shape index (κ3) is 2.47. The Morgan fingerprint density at radius 1 is 1.17 bits per heavy atom. The highest BCUT2D eigenvalue weighted by atomic mass is 16.6. The molecule has 122 valence electrons. The van der Waals surface area contributed by atoms with Gasteiger partial charge in [0, 0.05) is 43.8 Å². The number of pyridine rings is 1. The minimum atomic E-state index is -0.348. The summed E-state index contributed by atoms with van der Waals surface area (Å²) in [5.74, 6) is 0. The van der Waals surface area contributed by atoms with Crippen LogP contribution in [0.4, 0.5) is 11.4 Å². The number of nitro groups is 1. The maximum absolute atomic E-state index is 11.2. The van der Waals surface area contributed by atoms with Crippen molar-refractivity contribution in [3.8, 4) is 0 Å². The van der Waals surface area contributed by atoms with E-state index in [4.69, 9.17) is 0 Å². The van der Waals surface area contributed by atoms with Crippen LogP contribution in [0.3, 0.4) is 0 Å². The van der Waals surface area contributed by atoms with Gasteiger partial charge in [-0.15, -0.1) is 0 Å². The molecule has 1 saturated heterocycles. The molecule has 0 radical (unpaired) electrons. The highest BCUT2D eigenvalue weighted by Gasteiger charge is 2.23. The fourth-order valence-corrected chi connectivity index (χ4v) is 3.45. The van der Waals surface area contributed by atoms with E-state index < -0.39 is 0 Å². The SMILES string of the molecule is O=[N+]([O-])c1ccc(N2CCC(n3ccnc3)CC2)c2ncccc12. The van der Waals surface area contributed by atoms with Crippen LogP contribution in [-0.4, -0.2) is 32.5 Å². The van der Waals surface area contributed by atoms with Gasteiger partial charge < -0.3 is 9.47 Å². The summed E-state index contributed by atoms with van der Waals surface area (Å²) in [4.78, 5) is 21.7. The summed E-state index contributed by atoms with van der Waals surface area (Å²) >= 11 is 0. The van der Waals surface area contributed by atoms with E-state index in [0.29, 0.717) is 16.9 Å². The Balaban J connectivity index is 1.64. The van der Waals surface area contributed by atoms with E-state index in [1.165, 1.54) is 0 Å². The number of anilines is 1. The molecule has 0 bridgehead atoms. The molecule has 4 rings (SSSR count). The number of non-ortho nitro benzene ring substituents is 1. The number of hydrogen-bond acceptors (Lipinski definition) is 5. The van der Waals surface area contributed by atoms with Gasteiger partial charge in [-0.1, -0.05) is 0 Å². The molecule has 24 heavy (non-hydrogen) atoms. The molecule has 0 atom stereocenters. The normalized spacial score (nSPS) is 15.8. The average Bonchev–Trinajstić information content (AvgIpc) is 3.15. The molecule has 3 aromatic rings. The minimum absolute atomic E-state index is 0.107. The molecule has 1 fully saturated rings. The van der Waals surface area contributed by atoms with Crippen LogP contribution in [0, 0.1) is 10.1 Å². The Morgan fingerprint density at radius 3 is 2.71 bits per heavy atom. The van der Waals surface area contributed by atoms with E-state index in [2.05, 4.69) is 19.4 Å². The molecule has 7 heteroatoms. The summed E-state index contributed by atoms with van der Waals surface area (Å²) < 4.78 is 2.16. The molecule has 0 saturated carbocycles. The Hall–Kier alpha value is -2.96. The minimum Gasteiger partial charge on any atom is -0.370 e. The molecule has 0 aliphatic carbocycles. The van der Waals surface area contributed by atoms with E-state index in [1.807, 2.05) is 18.6 Å². The van der Waals surface area contributed by atoms with Crippen LogP contribution in [0.5, 0.6) is 0 Å². The number of benzene rings is 1. The maximum Gasteiger partial charge on any atom is 0.278 e. The molecule has 1 aromatic carbocycles. The van der Waals surface area contributed by atoms with Gasteiger partial charge in [-0.3, -0.25) is 15.1 Å². The van der Waals surface area contributed by atoms with Crippen LogP contribution in [0.15, 0.2) is 49.2 Å². The van der Waals surface area contributed by atoms with Crippen LogP contribution in [0.2, 0.25) is 0 Å². The number of fused-ring (bicyclic) bond motifs is 1. The monoisotopic (exact) mass is 323 g/mol. The molecular formula is C17H17N5O2. The second-order valence-electron chi connectivity index (χ2n) is 5.99. The summed E-state index contributed by atoms with van der Waals surface area (Å²) in [7, 11) is 0. The third-order valence-corrected chi connectivity index (χ3v) is 4.67. The van der Waals surface area contributed by atoms with E-state index in [1.54, 1.807) is 30.6 Å². The second kappa shape index (κ2) is 5.92. The van der Waals surface area contributed by atoms with Crippen LogP contribution >= 0.6 is 0 Å². The third-order valence-electron chi connectivity index (χ3n) is 4.67. The first kappa shape index (κ1) is 14.6. The Bertz CT molecular complexity index is 870. The van der Waals surface area contributed by atoms with Crippen molar-refractivity contribution in [1.29, 1.82) is 0 Å². The first-order chi connectivity index (χ1) is 11.7. The van der Waals surface area contributed by atoms with E-state index in [0.717, 1.165) is 31.6 Å². The number of rotatable bonds is 3. The second-order valence-corrected chi connectivity index (χ2v) is 5.99. The highest BCUT2D eigenvalue weighted by molar-refractivity contribution is 5.97. The van der Waals surface area contributed by atoms with Crippen molar-refractivity contribution in [2.45, 2.75) is 18.9 Å². The molecule has 1 aliphatic rings. The maximum atomic E-state index is 11.2. The van der Waals surface area contributed by atoms with Gasteiger partial charge in [0.05, 0.1) is 22.3 Å².